The lowest BCUT2D eigenvalue weighted by Crippen LogP contribution is -2.43. The molecule has 0 aromatic heterocycles. The van der Waals surface area contributed by atoms with Crippen molar-refractivity contribution < 1.29 is 23.5 Å². The van der Waals surface area contributed by atoms with Crippen LogP contribution in [0.4, 0.5) is 20.6 Å². The number of benzene rings is 2. The van der Waals surface area contributed by atoms with E-state index in [2.05, 4.69) is 10.6 Å². The molecule has 1 atom stereocenters. The molecule has 2 heterocycles. The highest BCUT2D eigenvalue weighted by molar-refractivity contribution is 6.02. The molecular weight excluding hydrogens is 365 g/mol. The first-order valence-corrected chi connectivity index (χ1v) is 9.06. The Labute approximate surface area is 161 Å². The topological polar surface area (TPSA) is 79.9 Å². The van der Waals surface area contributed by atoms with E-state index in [0.29, 0.717) is 54.6 Å². The number of amides is 3. The zero-order valence-corrected chi connectivity index (χ0v) is 15.3. The molecule has 2 N–H and O–H groups in total. The molecule has 0 unspecified atom stereocenters. The van der Waals surface area contributed by atoms with Crippen molar-refractivity contribution in [2.45, 2.75) is 19.4 Å². The van der Waals surface area contributed by atoms with E-state index < -0.39 is 12.1 Å². The lowest BCUT2D eigenvalue weighted by atomic mass is 10.2. The smallest absolute Gasteiger partial charge is 0.319 e. The highest BCUT2D eigenvalue weighted by Gasteiger charge is 2.33. The number of fused-ring (bicyclic) bond motifs is 1. The second-order valence-electron chi connectivity index (χ2n) is 6.72. The molecule has 8 heteroatoms. The molecular formula is C20H20FN3O4. The van der Waals surface area contributed by atoms with Crippen LogP contribution in [-0.2, 0) is 4.79 Å². The lowest BCUT2D eigenvalue weighted by Gasteiger charge is -2.20. The van der Waals surface area contributed by atoms with Crippen LogP contribution in [0.5, 0.6) is 11.5 Å². The molecule has 2 aliphatic rings. The average molecular weight is 385 g/mol. The quantitative estimate of drug-likeness (QED) is 0.852. The van der Waals surface area contributed by atoms with Gasteiger partial charge in [-0.15, -0.1) is 0 Å². The zero-order valence-electron chi connectivity index (χ0n) is 15.3. The summed E-state index contributed by atoms with van der Waals surface area (Å²) in [5, 5.41) is 5.40. The summed E-state index contributed by atoms with van der Waals surface area (Å²) in [6.45, 7) is 3.06. The number of ether oxygens (including phenoxy) is 2. The Morgan fingerprint density at radius 2 is 1.93 bits per heavy atom. The van der Waals surface area contributed by atoms with Gasteiger partial charge >= 0.3 is 6.03 Å². The maximum absolute atomic E-state index is 13.5. The van der Waals surface area contributed by atoms with Crippen LogP contribution in [0.2, 0.25) is 0 Å². The summed E-state index contributed by atoms with van der Waals surface area (Å²) < 4.78 is 24.4. The molecule has 2 aliphatic heterocycles. The van der Waals surface area contributed by atoms with Gasteiger partial charge in [-0.1, -0.05) is 0 Å². The number of carbonyl (C=O) groups excluding carboxylic acids is 2. The minimum Gasteiger partial charge on any atom is -0.486 e. The fourth-order valence-electron chi connectivity index (χ4n) is 3.31. The Morgan fingerprint density at radius 3 is 2.71 bits per heavy atom. The number of halogens is 1. The third-order valence-electron chi connectivity index (χ3n) is 4.76. The van der Waals surface area contributed by atoms with Crippen molar-refractivity contribution in [2.75, 3.05) is 30.0 Å². The van der Waals surface area contributed by atoms with Crippen molar-refractivity contribution >= 4 is 23.3 Å². The maximum Gasteiger partial charge on any atom is 0.319 e. The van der Waals surface area contributed by atoms with Crippen LogP contribution in [0.1, 0.15) is 12.0 Å². The Hall–Kier alpha value is -3.29. The van der Waals surface area contributed by atoms with E-state index in [0.717, 1.165) is 0 Å². The van der Waals surface area contributed by atoms with Crippen molar-refractivity contribution in [2.24, 2.45) is 0 Å². The first kappa shape index (κ1) is 18.1. The van der Waals surface area contributed by atoms with Crippen molar-refractivity contribution in [3.63, 3.8) is 0 Å². The minimum atomic E-state index is -0.637. The summed E-state index contributed by atoms with van der Waals surface area (Å²) in [5.74, 6) is 0.666. The first-order valence-electron chi connectivity index (χ1n) is 9.06. The minimum absolute atomic E-state index is 0.219. The highest BCUT2D eigenvalue weighted by atomic mass is 19.1. The van der Waals surface area contributed by atoms with Gasteiger partial charge in [0.25, 0.3) is 0 Å². The predicted octanol–water partition coefficient (Wildman–Crippen LogP) is 2.83. The summed E-state index contributed by atoms with van der Waals surface area (Å²) in [4.78, 5) is 26.5. The number of nitrogens with zero attached hydrogens (tertiary/aromatic N) is 1. The van der Waals surface area contributed by atoms with E-state index in [1.54, 1.807) is 42.2 Å². The summed E-state index contributed by atoms with van der Waals surface area (Å²) >= 11 is 0. The van der Waals surface area contributed by atoms with Gasteiger partial charge in [-0.2, -0.15) is 0 Å². The molecule has 1 fully saturated rings. The van der Waals surface area contributed by atoms with Crippen LogP contribution in [0, 0.1) is 12.7 Å². The Morgan fingerprint density at radius 1 is 1.14 bits per heavy atom. The predicted molar refractivity (Wildman–Crippen MR) is 101 cm³/mol. The standard InChI is InChI=1S/C20H20FN3O4/c1-12-10-14(3-4-15(12)21)24-7-6-16(19(24)25)23-20(26)22-13-2-5-17-18(11-13)28-9-8-27-17/h2-5,10-11,16H,6-9H2,1H3,(H2,22,23,26)/t16-/m1/s1. The van der Waals surface area contributed by atoms with Crippen LogP contribution in [-0.4, -0.2) is 37.7 Å². The van der Waals surface area contributed by atoms with E-state index in [4.69, 9.17) is 9.47 Å². The van der Waals surface area contributed by atoms with Gasteiger partial charge in [0.15, 0.2) is 11.5 Å². The Kier molecular flexibility index (Phi) is 4.77. The van der Waals surface area contributed by atoms with E-state index in [1.807, 2.05) is 0 Å². The third-order valence-corrected chi connectivity index (χ3v) is 4.76. The molecule has 1 saturated heterocycles. The number of hydrogen-bond acceptors (Lipinski definition) is 4. The number of rotatable bonds is 3. The Bertz CT molecular complexity index is 934. The lowest BCUT2D eigenvalue weighted by molar-refractivity contribution is -0.118. The van der Waals surface area contributed by atoms with Crippen molar-refractivity contribution in [3.8, 4) is 11.5 Å². The van der Waals surface area contributed by atoms with E-state index in [-0.39, 0.29) is 11.7 Å². The van der Waals surface area contributed by atoms with Crippen LogP contribution in [0.25, 0.3) is 0 Å². The first-order chi connectivity index (χ1) is 13.5. The molecule has 0 saturated carbocycles. The monoisotopic (exact) mass is 385 g/mol. The number of urea groups is 1. The second kappa shape index (κ2) is 7.38. The van der Waals surface area contributed by atoms with Gasteiger partial charge in [-0.25, -0.2) is 9.18 Å². The number of aryl methyl sites for hydroxylation is 1. The highest BCUT2D eigenvalue weighted by Crippen LogP contribution is 2.32. The van der Waals surface area contributed by atoms with E-state index >= 15 is 0 Å². The SMILES string of the molecule is Cc1cc(N2CC[C@@H](NC(=O)Nc3ccc4c(c3)OCCO4)C2=O)ccc1F. The van der Waals surface area contributed by atoms with Gasteiger partial charge in [-0.05, 0) is 49.2 Å². The summed E-state index contributed by atoms with van der Waals surface area (Å²) in [6.07, 6.45) is 0.476. The summed E-state index contributed by atoms with van der Waals surface area (Å²) in [5.41, 5.74) is 1.64. The third kappa shape index (κ3) is 3.58. The van der Waals surface area contributed by atoms with Crippen molar-refractivity contribution in [1.29, 1.82) is 0 Å². The number of carbonyl (C=O) groups is 2. The van der Waals surface area contributed by atoms with Gasteiger partial charge in [0.05, 0.1) is 0 Å². The molecule has 7 nitrogen and oxygen atoms in total. The van der Waals surface area contributed by atoms with Crippen molar-refractivity contribution in [1.82, 2.24) is 5.32 Å². The van der Waals surface area contributed by atoms with Gasteiger partial charge in [0.2, 0.25) is 5.91 Å². The molecule has 0 spiro atoms. The van der Waals surface area contributed by atoms with Crippen LogP contribution in [0.15, 0.2) is 36.4 Å². The fourth-order valence-corrected chi connectivity index (χ4v) is 3.31. The van der Waals surface area contributed by atoms with Gasteiger partial charge in [-0.3, -0.25) is 4.79 Å². The second-order valence-corrected chi connectivity index (χ2v) is 6.72. The largest absolute Gasteiger partial charge is 0.486 e. The molecule has 0 aliphatic carbocycles. The average Bonchev–Trinajstić information content (AvgIpc) is 3.04. The summed E-state index contributed by atoms with van der Waals surface area (Å²) in [7, 11) is 0. The van der Waals surface area contributed by atoms with Gasteiger partial charge in [0.1, 0.15) is 25.1 Å². The summed E-state index contributed by atoms with van der Waals surface area (Å²) in [6, 6.07) is 8.53. The van der Waals surface area contributed by atoms with E-state index in [1.165, 1.54) is 6.07 Å². The van der Waals surface area contributed by atoms with E-state index in [9.17, 15) is 14.0 Å². The van der Waals surface area contributed by atoms with Gasteiger partial charge < -0.3 is 25.0 Å². The number of anilines is 2. The van der Waals surface area contributed by atoms with Crippen LogP contribution >= 0.6 is 0 Å². The number of nitrogens with one attached hydrogen (secondary N) is 2. The fraction of sp³-hybridized carbons (Fsp3) is 0.300. The molecule has 0 bridgehead atoms. The molecule has 4 rings (SSSR count). The molecule has 0 radical (unpaired) electrons. The molecule has 28 heavy (non-hydrogen) atoms. The van der Waals surface area contributed by atoms with Crippen molar-refractivity contribution in [3.05, 3.63) is 47.8 Å². The van der Waals surface area contributed by atoms with Gasteiger partial charge in [0, 0.05) is 24.0 Å². The maximum atomic E-state index is 13.5. The number of hydrogen-bond donors (Lipinski definition) is 2. The van der Waals surface area contributed by atoms with Crippen LogP contribution in [0.3, 0.4) is 0 Å². The molecule has 2 aromatic rings. The Balaban J connectivity index is 1.38. The molecule has 2 aromatic carbocycles. The zero-order chi connectivity index (χ0) is 19.7. The molecule has 3 amide bonds. The van der Waals surface area contributed by atoms with Crippen LogP contribution < -0.4 is 25.0 Å². The molecule has 146 valence electrons. The normalized spacial score (nSPS) is 18.1.